The van der Waals surface area contributed by atoms with Gasteiger partial charge < -0.3 is 0 Å². The fraction of sp³-hybridized carbons (Fsp3) is 0.273. The topological polar surface area (TPSA) is 30.7 Å². The van der Waals surface area contributed by atoms with Gasteiger partial charge in [-0.25, -0.2) is 9.07 Å². The Hall–Kier alpha value is -0.750. The fourth-order valence-corrected chi connectivity index (χ4v) is 2.27. The van der Waals surface area contributed by atoms with E-state index in [0.717, 1.165) is 23.0 Å². The maximum Gasteiger partial charge on any atom is 0.137 e. The van der Waals surface area contributed by atoms with Crippen LogP contribution in [0.5, 0.6) is 0 Å². The molecule has 0 atom stereocenters. The molecule has 2 rings (SSSR count). The summed E-state index contributed by atoms with van der Waals surface area (Å²) in [4.78, 5) is 0. The quantitative estimate of drug-likeness (QED) is 0.782. The van der Waals surface area contributed by atoms with Crippen molar-refractivity contribution < 1.29 is 4.39 Å². The first-order valence-electron chi connectivity index (χ1n) is 5.08. The molecule has 0 aliphatic rings. The van der Waals surface area contributed by atoms with E-state index in [2.05, 4.69) is 42.2 Å². The van der Waals surface area contributed by atoms with Crippen LogP contribution >= 0.6 is 31.9 Å². The molecule has 0 saturated carbocycles. The maximum absolute atomic E-state index is 13.3. The predicted octanol–water partition coefficient (Wildman–Crippen LogP) is 3.17. The van der Waals surface area contributed by atoms with Crippen molar-refractivity contribution in [2.24, 2.45) is 0 Å². The molecule has 0 radical (unpaired) electrons. The Kier molecular flexibility index (Phi) is 4.28. The SMILES string of the molecule is Fc1cccc(Cn2cc(CCBr)nn2)c1Br. The lowest BCUT2D eigenvalue weighted by Crippen LogP contribution is -2.02. The molecule has 0 aliphatic heterocycles. The number of aryl methyl sites for hydroxylation is 1. The highest BCUT2D eigenvalue weighted by Gasteiger charge is 2.07. The third-order valence-corrected chi connectivity index (χ3v) is 3.59. The lowest BCUT2D eigenvalue weighted by molar-refractivity contribution is 0.606. The minimum absolute atomic E-state index is 0.261. The van der Waals surface area contributed by atoms with Crippen molar-refractivity contribution in [1.29, 1.82) is 0 Å². The highest BCUT2D eigenvalue weighted by atomic mass is 79.9. The van der Waals surface area contributed by atoms with Crippen LogP contribution in [0.3, 0.4) is 0 Å². The fourth-order valence-electron chi connectivity index (χ4n) is 1.47. The van der Waals surface area contributed by atoms with Crippen LogP contribution < -0.4 is 0 Å². The van der Waals surface area contributed by atoms with Crippen LogP contribution in [-0.4, -0.2) is 20.3 Å². The second-order valence-corrected chi connectivity index (χ2v) is 5.15. The number of benzene rings is 1. The molecule has 0 bridgehead atoms. The zero-order valence-electron chi connectivity index (χ0n) is 8.91. The predicted molar refractivity (Wildman–Crippen MR) is 70.7 cm³/mol. The van der Waals surface area contributed by atoms with Gasteiger partial charge in [-0.1, -0.05) is 33.3 Å². The number of alkyl halides is 1. The minimum Gasteiger partial charge on any atom is -0.248 e. The number of aromatic nitrogens is 3. The second kappa shape index (κ2) is 5.73. The van der Waals surface area contributed by atoms with Crippen LogP contribution in [0.1, 0.15) is 11.3 Å². The number of rotatable bonds is 4. The molecule has 2 aromatic rings. The van der Waals surface area contributed by atoms with Crippen molar-refractivity contribution >= 4 is 31.9 Å². The van der Waals surface area contributed by atoms with Gasteiger partial charge in [-0.3, -0.25) is 0 Å². The number of halogens is 3. The van der Waals surface area contributed by atoms with Gasteiger partial charge in [0.15, 0.2) is 0 Å². The van der Waals surface area contributed by atoms with Crippen LogP contribution in [0.25, 0.3) is 0 Å². The third kappa shape index (κ3) is 3.13. The maximum atomic E-state index is 13.3. The minimum atomic E-state index is -0.261. The summed E-state index contributed by atoms with van der Waals surface area (Å²) >= 11 is 6.58. The van der Waals surface area contributed by atoms with E-state index in [1.165, 1.54) is 6.07 Å². The summed E-state index contributed by atoms with van der Waals surface area (Å²) in [5.41, 5.74) is 1.77. The summed E-state index contributed by atoms with van der Waals surface area (Å²) < 4.78 is 15.5. The highest BCUT2D eigenvalue weighted by molar-refractivity contribution is 9.10. The summed E-state index contributed by atoms with van der Waals surface area (Å²) in [5.74, 6) is -0.261. The Labute approximate surface area is 115 Å². The van der Waals surface area contributed by atoms with E-state index in [-0.39, 0.29) is 5.82 Å². The average molecular weight is 363 g/mol. The first kappa shape index (κ1) is 12.7. The lowest BCUT2D eigenvalue weighted by atomic mass is 10.2. The zero-order valence-corrected chi connectivity index (χ0v) is 12.1. The molecular weight excluding hydrogens is 353 g/mol. The van der Waals surface area contributed by atoms with Gasteiger partial charge in [0.1, 0.15) is 5.82 Å². The van der Waals surface area contributed by atoms with Crippen LogP contribution in [-0.2, 0) is 13.0 Å². The van der Waals surface area contributed by atoms with Crippen molar-refractivity contribution in [3.05, 3.63) is 45.9 Å². The monoisotopic (exact) mass is 361 g/mol. The van der Waals surface area contributed by atoms with Crippen LogP contribution in [0.4, 0.5) is 4.39 Å². The molecule has 0 N–H and O–H groups in total. The van der Waals surface area contributed by atoms with Crippen LogP contribution in [0.2, 0.25) is 0 Å². The van der Waals surface area contributed by atoms with E-state index < -0.39 is 0 Å². The standard InChI is InChI=1S/C11H10Br2FN3/c12-5-4-9-7-17(16-15-9)6-8-2-1-3-10(14)11(8)13/h1-3,7H,4-6H2. The van der Waals surface area contributed by atoms with Gasteiger partial charge in [-0.15, -0.1) is 5.10 Å². The number of hydrogen-bond acceptors (Lipinski definition) is 2. The van der Waals surface area contributed by atoms with E-state index >= 15 is 0 Å². The molecule has 0 fully saturated rings. The highest BCUT2D eigenvalue weighted by Crippen LogP contribution is 2.21. The molecule has 90 valence electrons. The molecule has 0 spiro atoms. The Morgan fingerprint density at radius 1 is 1.35 bits per heavy atom. The van der Waals surface area contributed by atoms with Crippen molar-refractivity contribution in [3.63, 3.8) is 0 Å². The smallest absolute Gasteiger partial charge is 0.137 e. The van der Waals surface area contributed by atoms with Gasteiger partial charge in [0, 0.05) is 17.9 Å². The van der Waals surface area contributed by atoms with Crippen molar-refractivity contribution in [3.8, 4) is 0 Å². The summed E-state index contributed by atoms with van der Waals surface area (Å²) in [6.07, 6.45) is 2.71. The van der Waals surface area contributed by atoms with Gasteiger partial charge >= 0.3 is 0 Å². The van der Waals surface area contributed by atoms with Crippen LogP contribution in [0.15, 0.2) is 28.9 Å². The Balaban J connectivity index is 2.16. The van der Waals surface area contributed by atoms with Crippen molar-refractivity contribution in [1.82, 2.24) is 15.0 Å². The molecule has 0 saturated heterocycles. The van der Waals surface area contributed by atoms with Gasteiger partial charge in [0.05, 0.1) is 16.7 Å². The Morgan fingerprint density at radius 2 is 2.18 bits per heavy atom. The van der Waals surface area contributed by atoms with Crippen LogP contribution in [0, 0.1) is 5.82 Å². The molecule has 17 heavy (non-hydrogen) atoms. The lowest BCUT2D eigenvalue weighted by Gasteiger charge is -2.04. The first-order chi connectivity index (χ1) is 8.20. The van der Waals surface area contributed by atoms with Gasteiger partial charge in [0.25, 0.3) is 0 Å². The molecule has 0 unspecified atom stereocenters. The summed E-state index contributed by atoms with van der Waals surface area (Å²) in [7, 11) is 0. The van der Waals surface area contributed by atoms with E-state index in [4.69, 9.17) is 0 Å². The number of nitrogens with zero attached hydrogens (tertiary/aromatic N) is 3. The Morgan fingerprint density at radius 3 is 2.94 bits per heavy atom. The molecule has 1 heterocycles. The third-order valence-electron chi connectivity index (χ3n) is 2.30. The van der Waals surface area contributed by atoms with E-state index in [1.807, 2.05) is 12.3 Å². The van der Waals surface area contributed by atoms with E-state index in [1.54, 1.807) is 10.7 Å². The van der Waals surface area contributed by atoms with Gasteiger partial charge in [-0.2, -0.15) is 0 Å². The first-order valence-corrected chi connectivity index (χ1v) is 7.00. The normalized spacial score (nSPS) is 10.8. The second-order valence-electron chi connectivity index (χ2n) is 3.56. The van der Waals surface area contributed by atoms with Gasteiger partial charge in [0.2, 0.25) is 0 Å². The molecular formula is C11H10Br2FN3. The molecule has 1 aromatic heterocycles. The van der Waals surface area contributed by atoms with E-state index in [0.29, 0.717) is 11.0 Å². The van der Waals surface area contributed by atoms with Crippen molar-refractivity contribution in [2.45, 2.75) is 13.0 Å². The van der Waals surface area contributed by atoms with E-state index in [9.17, 15) is 4.39 Å². The molecule has 3 nitrogen and oxygen atoms in total. The largest absolute Gasteiger partial charge is 0.248 e. The zero-order chi connectivity index (χ0) is 12.3. The average Bonchev–Trinajstić information content (AvgIpc) is 2.73. The van der Waals surface area contributed by atoms with Crippen molar-refractivity contribution in [2.75, 3.05) is 5.33 Å². The molecule has 0 aliphatic carbocycles. The summed E-state index contributed by atoms with van der Waals surface area (Å²) in [6.45, 7) is 0.508. The summed E-state index contributed by atoms with van der Waals surface area (Å²) in [6, 6.07) is 4.97. The van der Waals surface area contributed by atoms with Gasteiger partial charge in [-0.05, 0) is 27.6 Å². The molecule has 0 amide bonds. The number of hydrogen-bond donors (Lipinski definition) is 0. The Bertz CT molecular complexity index is 513. The molecule has 6 heteroatoms. The summed E-state index contributed by atoms with van der Waals surface area (Å²) in [5, 5.41) is 8.89. The molecule has 1 aromatic carbocycles.